The van der Waals surface area contributed by atoms with Crippen LogP contribution in [0.5, 0.6) is 0 Å². The molecule has 1 aromatic heterocycles. The third-order valence-corrected chi connectivity index (χ3v) is 6.18. The van der Waals surface area contributed by atoms with Gasteiger partial charge < -0.3 is 9.88 Å². The number of H-pyrrole nitrogens is 1. The number of carbonyl (C=O) groups is 1. The molecule has 0 saturated carbocycles. The summed E-state index contributed by atoms with van der Waals surface area (Å²) >= 11 is 6.24. The van der Waals surface area contributed by atoms with Crippen molar-refractivity contribution >= 4 is 17.5 Å². The number of nitrogens with zero attached hydrogens (tertiary/aromatic N) is 3. The Bertz CT molecular complexity index is 1170. The molecular weight excluding hydrogens is 415 g/mol. The Morgan fingerprint density at radius 1 is 1.19 bits per heavy atom. The Hall–Kier alpha value is -3.17. The zero-order valence-corrected chi connectivity index (χ0v) is 18.1. The van der Waals surface area contributed by atoms with Crippen molar-refractivity contribution in [1.29, 1.82) is 5.26 Å². The van der Waals surface area contributed by atoms with Gasteiger partial charge in [0.15, 0.2) is 5.15 Å². The molecular formula is C24H22ClFN4O. The van der Waals surface area contributed by atoms with Crippen LogP contribution >= 0.6 is 11.6 Å². The second-order valence-electron chi connectivity index (χ2n) is 7.96. The Morgan fingerprint density at radius 3 is 2.45 bits per heavy atom. The van der Waals surface area contributed by atoms with Crippen LogP contribution in [0, 0.1) is 25.2 Å². The van der Waals surface area contributed by atoms with E-state index in [1.165, 1.54) is 0 Å². The molecule has 1 aliphatic heterocycles. The van der Waals surface area contributed by atoms with Gasteiger partial charge in [0.25, 0.3) is 5.91 Å². The van der Waals surface area contributed by atoms with E-state index in [0.717, 1.165) is 11.1 Å². The number of rotatable bonds is 3. The second kappa shape index (κ2) is 8.16. The molecule has 5 nitrogen and oxygen atoms in total. The van der Waals surface area contributed by atoms with Gasteiger partial charge in [0.2, 0.25) is 0 Å². The predicted molar refractivity (Wildman–Crippen MR) is 118 cm³/mol. The summed E-state index contributed by atoms with van der Waals surface area (Å²) < 4.78 is 15.5. The first-order chi connectivity index (χ1) is 14.8. The van der Waals surface area contributed by atoms with E-state index in [9.17, 15) is 4.79 Å². The van der Waals surface area contributed by atoms with Crippen LogP contribution in [0.15, 0.2) is 42.5 Å². The van der Waals surface area contributed by atoms with Gasteiger partial charge in [0, 0.05) is 37.1 Å². The van der Waals surface area contributed by atoms with E-state index in [1.807, 2.05) is 32.0 Å². The summed E-state index contributed by atoms with van der Waals surface area (Å²) in [5.41, 5.74) is 2.59. The summed E-state index contributed by atoms with van der Waals surface area (Å²) in [6, 6.07) is 14.1. The van der Waals surface area contributed by atoms with Gasteiger partial charge in [-0.1, -0.05) is 29.8 Å². The van der Waals surface area contributed by atoms with Gasteiger partial charge in [0.05, 0.1) is 17.3 Å². The fourth-order valence-corrected chi connectivity index (χ4v) is 4.32. The molecule has 1 N–H and O–H groups in total. The molecule has 0 aliphatic carbocycles. The summed E-state index contributed by atoms with van der Waals surface area (Å²) in [6.45, 7) is 4.42. The Labute approximate surface area is 185 Å². The molecule has 1 saturated heterocycles. The minimum absolute atomic E-state index is 0.129. The van der Waals surface area contributed by atoms with Gasteiger partial charge in [-0.15, -0.1) is 0 Å². The smallest absolute Gasteiger partial charge is 0.253 e. The van der Waals surface area contributed by atoms with E-state index < -0.39 is 5.67 Å². The molecule has 0 unspecified atom stereocenters. The Morgan fingerprint density at radius 2 is 1.87 bits per heavy atom. The number of carbonyl (C=O) groups excluding carboxylic acids is 1. The average molecular weight is 437 g/mol. The number of likely N-dealkylation sites (tertiary alicyclic amines) is 1. The fourth-order valence-electron chi connectivity index (χ4n) is 4.05. The number of piperidine rings is 1. The van der Waals surface area contributed by atoms with Crippen molar-refractivity contribution in [3.8, 4) is 17.3 Å². The Balaban J connectivity index is 1.52. The van der Waals surface area contributed by atoms with Gasteiger partial charge in [0.1, 0.15) is 11.5 Å². The molecule has 1 fully saturated rings. The number of aryl methyl sites for hydroxylation is 2. The number of imidazole rings is 1. The minimum Gasteiger partial charge on any atom is -0.341 e. The normalized spacial score (nSPS) is 15.5. The summed E-state index contributed by atoms with van der Waals surface area (Å²) in [4.78, 5) is 22.2. The lowest BCUT2D eigenvalue weighted by molar-refractivity contribution is 0.0421. The van der Waals surface area contributed by atoms with Gasteiger partial charge in [-0.05, 0) is 49.2 Å². The molecule has 0 bridgehead atoms. The van der Waals surface area contributed by atoms with Crippen LogP contribution in [0.4, 0.5) is 4.39 Å². The molecule has 158 valence electrons. The third kappa shape index (κ3) is 4.06. The predicted octanol–water partition coefficient (Wildman–Crippen LogP) is 5.32. The summed E-state index contributed by atoms with van der Waals surface area (Å²) in [5, 5.41) is 9.30. The van der Waals surface area contributed by atoms with Crippen LogP contribution in [0.1, 0.15) is 45.7 Å². The van der Waals surface area contributed by atoms with Crippen molar-refractivity contribution in [3.63, 3.8) is 0 Å². The molecule has 7 heteroatoms. The van der Waals surface area contributed by atoms with Crippen LogP contribution in [0.2, 0.25) is 5.15 Å². The van der Waals surface area contributed by atoms with Crippen LogP contribution in [-0.2, 0) is 5.67 Å². The molecule has 31 heavy (non-hydrogen) atoms. The highest BCUT2D eigenvalue weighted by molar-refractivity contribution is 6.32. The standard InChI is InChI=1S/C24H22ClFN4O/c1-15-3-6-18(13-20(15)21-22(25)29-16(2)28-21)23(31)30-11-9-24(26,10-12-30)19-7-4-17(14-27)5-8-19/h3-8,13H,9-12H2,1-2H3,(H,28,29). The van der Waals surface area contributed by atoms with E-state index in [-0.39, 0.29) is 18.7 Å². The lowest BCUT2D eigenvalue weighted by atomic mass is 9.85. The lowest BCUT2D eigenvalue weighted by Gasteiger charge is -2.37. The number of alkyl halides is 1. The van der Waals surface area contributed by atoms with E-state index >= 15 is 4.39 Å². The largest absolute Gasteiger partial charge is 0.341 e. The third-order valence-electron chi connectivity index (χ3n) is 5.91. The zero-order valence-electron chi connectivity index (χ0n) is 17.4. The van der Waals surface area contributed by atoms with Crippen molar-refractivity contribution in [2.45, 2.75) is 32.4 Å². The van der Waals surface area contributed by atoms with Crippen molar-refractivity contribution in [1.82, 2.24) is 14.9 Å². The van der Waals surface area contributed by atoms with Gasteiger partial charge in [-0.25, -0.2) is 9.37 Å². The van der Waals surface area contributed by atoms with E-state index in [4.69, 9.17) is 16.9 Å². The van der Waals surface area contributed by atoms with E-state index in [0.29, 0.717) is 46.5 Å². The van der Waals surface area contributed by atoms with Crippen LogP contribution in [0.3, 0.4) is 0 Å². The highest BCUT2D eigenvalue weighted by Gasteiger charge is 2.37. The molecule has 2 aromatic carbocycles. The van der Waals surface area contributed by atoms with Gasteiger partial charge in [-0.2, -0.15) is 5.26 Å². The highest BCUT2D eigenvalue weighted by Crippen LogP contribution is 2.37. The molecule has 1 aliphatic rings. The van der Waals surface area contributed by atoms with Crippen LogP contribution < -0.4 is 0 Å². The molecule has 0 radical (unpaired) electrons. The Kier molecular flexibility index (Phi) is 5.55. The zero-order chi connectivity index (χ0) is 22.2. The first kappa shape index (κ1) is 21.1. The maximum Gasteiger partial charge on any atom is 0.253 e. The van der Waals surface area contributed by atoms with Crippen LogP contribution in [-0.4, -0.2) is 33.9 Å². The number of nitriles is 1. The van der Waals surface area contributed by atoms with Gasteiger partial charge >= 0.3 is 0 Å². The molecule has 0 atom stereocenters. The quantitative estimate of drug-likeness (QED) is 0.603. The van der Waals surface area contributed by atoms with Crippen molar-refractivity contribution in [2.75, 3.05) is 13.1 Å². The number of hydrogen-bond donors (Lipinski definition) is 1. The van der Waals surface area contributed by atoms with E-state index in [1.54, 1.807) is 35.2 Å². The first-order valence-electron chi connectivity index (χ1n) is 10.1. The topological polar surface area (TPSA) is 72.8 Å². The molecule has 0 spiro atoms. The number of nitrogens with one attached hydrogen (secondary N) is 1. The number of halogens is 2. The van der Waals surface area contributed by atoms with E-state index in [2.05, 4.69) is 9.97 Å². The number of amides is 1. The maximum absolute atomic E-state index is 15.5. The number of hydrogen-bond acceptors (Lipinski definition) is 3. The minimum atomic E-state index is -1.50. The molecule has 3 aromatic rings. The van der Waals surface area contributed by atoms with Crippen LogP contribution in [0.25, 0.3) is 11.3 Å². The monoisotopic (exact) mass is 436 g/mol. The number of aromatic nitrogens is 2. The lowest BCUT2D eigenvalue weighted by Crippen LogP contribution is -2.43. The average Bonchev–Trinajstić information content (AvgIpc) is 3.12. The van der Waals surface area contributed by atoms with Crippen molar-refractivity contribution < 1.29 is 9.18 Å². The molecule has 1 amide bonds. The fraction of sp³-hybridized carbons (Fsp3) is 0.292. The summed E-state index contributed by atoms with van der Waals surface area (Å²) in [6.07, 6.45) is 0.434. The van der Waals surface area contributed by atoms with Gasteiger partial charge in [-0.3, -0.25) is 4.79 Å². The van der Waals surface area contributed by atoms with Crippen molar-refractivity contribution in [2.24, 2.45) is 0 Å². The second-order valence-corrected chi connectivity index (χ2v) is 8.32. The molecule has 2 heterocycles. The summed E-state index contributed by atoms with van der Waals surface area (Å²) in [5.74, 6) is 0.574. The number of benzene rings is 2. The first-order valence-corrected chi connectivity index (χ1v) is 10.5. The molecule has 4 rings (SSSR count). The SMILES string of the molecule is Cc1nc(Cl)c(-c2cc(C(=O)N3CCC(F)(c4ccc(C#N)cc4)CC3)ccc2C)[nH]1. The highest BCUT2D eigenvalue weighted by atomic mass is 35.5. The van der Waals surface area contributed by atoms with Crippen molar-refractivity contribution in [3.05, 3.63) is 75.7 Å². The summed E-state index contributed by atoms with van der Waals surface area (Å²) in [7, 11) is 0. The number of aromatic amines is 1. The maximum atomic E-state index is 15.5.